The Hall–Kier alpha value is -4.19. The third-order valence-electron chi connectivity index (χ3n) is 5.42. The second-order valence-corrected chi connectivity index (χ2v) is 7.76. The molecule has 0 unspecified atom stereocenters. The van der Waals surface area contributed by atoms with Gasteiger partial charge >= 0.3 is 5.97 Å². The fraction of sp³-hybridized carbons (Fsp3) is 0.179. The van der Waals surface area contributed by atoms with Crippen molar-refractivity contribution in [2.45, 2.75) is 12.8 Å². The van der Waals surface area contributed by atoms with Gasteiger partial charge in [0.15, 0.2) is 0 Å². The number of hydrogen-bond donors (Lipinski definition) is 2. The van der Waals surface area contributed by atoms with Gasteiger partial charge in [-0.3, -0.25) is 14.4 Å². The molecule has 0 atom stereocenters. The van der Waals surface area contributed by atoms with Gasteiger partial charge in [0.2, 0.25) is 0 Å². The molecule has 3 aromatic rings. The Bertz CT molecular complexity index is 1160. The summed E-state index contributed by atoms with van der Waals surface area (Å²) in [5.74, 6) is -1.49. The zero-order valence-corrected chi connectivity index (χ0v) is 18.9. The van der Waals surface area contributed by atoms with Crippen molar-refractivity contribution in [2.75, 3.05) is 19.6 Å². The molecular formula is C28H28N2O4. The molecule has 2 N–H and O–H groups in total. The minimum atomic E-state index is -0.963. The lowest BCUT2D eigenvalue weighted by Gasteiger charge is -2.24. The molecule has 0 bridgehead atoms. The van der Waals surface area contributed by atoms with E-state index in [-0.39, 0.29) is 24.8 Å². The van der Waals surface area contributed by atoms with Crippen LogP contribution in [0.5, 0.6) is 0 Å². The van der Waals surface area contributed by atoms with Gasteiger partial charge in [0.25, 0.3) is 11.8 Å². The predicted octanol–water partition coefficient (Wildman–Crippen LogP) is 4.43. The first-order valence-electron chi connectivity index (χ1n) is 11.1. The standard InChI is InChI=1S/C28H28N2O4/c1-2-18-29-27(33)24-14-8-6-12-22(24)23-13-7-9-15-25(23)28(34)30(20-17-26(31)32)19-16-21-10-4-3-5-11-21/h2-15H,1,16-20H2,(H,29,33)(H,31,32). The summed E-state index contributed by atoms with van der Waals surface area (Å²) in [6.45, 7) is 4.43. The summed E-state index contributed by atoms with van der Waals surface area (Å²) in [6, 6.07) is 24.0. The highest BCUT2D eigenvalue weighted by Crippen LogP contribution is 2.28. The third kappa shape index (κ3) is 6.42. The van der Waals surface area contributed by atoms with Crippen LogP contribution in [0.2, 0.25) is 0 Å². The van der Waals surface area contributed by atoms with Crippen LogP contribution in [0.15, 0.2) is 91.5 Å². The van der Waals surface area contributed by atoms with E-state index in [1.165, 1.54) is 0 Å². The van der Waals surface area contributed by atoms with E-state index >= 15 is 0 Å². The van der Waals surface area contributed by atoms with Crippen LogP contribution < -0.4 is 5.32 Å². The topological polar surface area (TPSA) is 86.7 Å². The van der Waals surface area contributed by atoms with Crippen molar-refractivity contribution in [3.63, 3.8) is 0 Å². The molecule has 0 saturated carbocycles. The van der Waals surface area contributed by atoms with Crippen molar-refractivity contribution in [3.8, 4) is 11.1 Å². The van der Waals surface area contributed by atoms with Crippen LogP contribution >= 0.6 is 0 Å². The molecule has 0 aromatic heterocycles. The zero-order valence-electron chi connectivity index (χ0n) is 18.9. The van der Waals surface area contributed by atoms with Gasteiger partial charge in [-0.25, -0.2) is 0 Å². The molecule has 0 aliphatic rings. The number of nitrogens with one attached hydrogen (secondary N) is 1. The molecule has 0 radical (unpaired) electrons. The van der Waals surface area contributed by atoms with Crippen LogP contribution in [0, 0.1) is 0 Å². The molecular weight excluding hydrogens is 428 g/mol. The molecule has 0 fully saturated rings. The number of carboxylic acid groups (broad SMARTS) is 1. The molecule has 6 heteroatoms. The molecule has 0 aliphatic heterocycles. The Morgan fingerprint density at radius 2 is 1.41 bits per heavy atom. The first kappa shape index (κ1) is 24.5. The van der Waals surface area contributed by atoms with Crippen molar-refractivity contribution < 1.29 is 19.5 Å². The Morgan fingerprint density at radius 1 is 0.824 bits per heavy atom. The van der Waals surface area contributed by atoms with E-state index in [0.717, 1.165) is 5.56 Å². The zero-order chi connectivity index (χ0) is 24.3. The van der Waals surface area contributed by atoms with Crippen LogP contribution in [-0.2, 0) is 11.2 Å². The molecule has 0 heterocycles. The highest BCUT2D eigenvalue weighted by molar-refractivity contribution is 6.06. The van der Waals surface area contributed by atoms with Gasteiger partial charge < -0.3 is 15.3 Å². The average molecular weight is 457 g/mol. The first-order valence-corrected chi connectivity index (χ1v) is 11.1. The Balaban J connectivity index is 1.94. The van der Waals surface area contributed by atoms with Gasteiger partial charge in [-0.1, -0.05) is 72.8 Å². The van der Waals surface area contributed by atoms with Crippen molar-refractivity contribution >= 4 is 17.8 Å². The normalized spacial score (nSPS) is 10.4. The number of carbonyl (C=O) groups is 3. The number of aliphatic carboxylic acids is 1. The highest BCUT2D eigenvalue weighted by Gasteiger charge is 2.22. The van der Waals surface area contributed by atoms with E-state index in [2.05, 4.69) is 11.9 Å². The molecule has 6 nitrogen and oxygen atoms in total. The minimum absolute atomic E-state index is 0.0940. The number of carboxylic acids is 1. The summed E-state index contributed by atoms with van der Waals surface area (Å²) in [5, 5.41) is 12.0. The monoisotopic (exact) mass is 456 g/mol. The summed E-state index contributed by atoms with van der Waals surface area (Å²) in [4.78, 5) is 39.2. The summed E-state index contributed by atoms with van der Waals surface area (Å²) in [6.07, 6.45) is 2.06. The van der Waals surface area contributed by atoms with E-state index in [1.54, 1.807) is 47.4 Å². The Kier molecular flexibility index (Phi) is 8.74. The van der Waals surface area contributed by atoms with Crippen molar-refractivity contribution in [1.82, 2.24) is 10.2 Å². The predicted molar refractivity (Wildman–Crippen MR) is 133 cm³/mol. The van der Waals surface area contributed by atoms with Crippen molar-refractivity contribution in [2.24, 2.45) is 0 Å². The van der Waals surface area contributed by atoms with Crippen molar-refractivity contribution in [1.29, 1.82) is 0 Å². The second kappa shape index (κ2) is 12.2. The maximum atomic E-state index is 13.6. The highest BCUT2D eigenvalue weighted by atomic mass is 16.4. The lowest BCUT2D eigenvalue weighted by atomic mass is 9.94. The molecule has 0 saturated heterocycles. The number of hydrogen-bond acceptors (Lipinski definition) is 3. The molecule has 3 rings (SSSR count). The van der Waals surface area contributed by atoms with Gasteiger partial charge in [-0.05, 0) is 35.2 Å². The van der Waals surface area contributed by atoms with E-state index in [9.17, 15) is 19.5 Å². The van der Waals surface area contributed by atoms with Gasteiger partial charge in [0.1, 0.15) is 0 Å². The van der Waals surface area contributed by atoms with Gasteiger partial charge in [0.05, 0.1) is 6.42 Å². The van der Waals surface area contributed by atoms with Crippen LogP contribution in [0.25, 0.3) is 11.1 Å². The summed E-state index contributed by atoms with van der Waals surface area (Å²) in [5.41, 5.74) is 3.19. The summed E-state index contributed by atoms with van der Waals surface area (Å²) >= 11 is 0. The lowest BCUT2D eigenvalue weighted by Crippen LogP contribution is -2.35. The van der Waals surface area contributed by atoms with Gasteiger partial charge in [0, 0.05) is 30.8 Å². The molecule has 34 heavy (non-hydrogen) atoms. The summed E-state index contributed by atoms with van der Waals surface area (Å²) < 4.78 is 0. The second-order valence-electron chi connectivity index (χ2n) is 7.76. The van der Waals surface area contributed by atoms with Gasteiger partial charge in [-0.2, -0.15) is 0 Å². The van der Waals surface area contributed by atoms with Crippen LogP contribution in [0.1, 0.15) is 32.7 Å². The molecule has 3 aromatic carbocycles. The lowest BCUT2D eigenvalue weighted by molar-refractivity contribution is -0.137. The number of rotatable bonds is 11. The number of carbonyl (C=O) groups excluding carboxylic acids is 2. The Morgan fingerprint density at radius 3 is 2.06 bits per heavy atom. The minimum Gasteiger partial charge on any atom is -0.481 e. The number of amides is 2. The van der Waals surface area contributed by atoms with Gasteiger partial charge in [-0.15, -0.1) is 6.58 Å². The largest absolute Gasteiger partial charge is 0.481 e. The maximum absolute atomic E-state index is 13.6. The molecule has 2 amide bonds. The number of benzene rings is 3. The van der Waals surface area contributed by atoms with E-state index in [4.69, 9.17) is 0 Å². The molecule has 0 spiro atoms. The SMILES string of the molecule is C=CCNC(=O)c1ccccc1-c1ccccc1C(=O)N(CCC(=O)O)CCc1ccccc1. The molecule has 0 aliphatic carbocycles. The van der Waals surface area contributed by atoms with E-state index in [0.29, 0.717) is 41.8 Å². The Labute approximate surface area is 199 Å². The number of nitrogens with zero attached hydrogens (tertiary/aromatic N) is 1. The maximum Gasteiger partial charge on any atom is 0.305 e. The van der Waals surface area contributed by atoms with Crippen LogP contribution in [0.3, 0.4) is 0 Å². The average Bonchev–Trinajstić information content (AvgIpc) is 2.87. The summed E-state index contributed by atoms with van der Waals surface area (Å²) in [7, 11) is 0. The van der Waals surface area contributed by atoms with Crippen LogP contribution in [-0.4, -0.2) is 47.4 Å². The van der Waals surface area contributed by atoms with Crippen LogP contribution in [0.4, 0.5) is 0 Å². The van der Waals surface area contributed by atoms with E-state index < -0.39 is 5.97 Å². The fourth-order valence-corrected chi connectivity index (χ4v) is 3.71. The fourth-order valence-electron chi connectivity index (χ4n) is 3.71. The molecule has 174 valence electrons. The first-order chi connectivity index (χ1) is 16.5. The smallest absolute Gasteiger partial charge is 0.305 e. The van der Waals surface area contributed by atoms with Crippen molar-refractivity contribution in [3.05, 3.63) is 108 Å². The quantitative estimate of drug-likeness (QED) is 0.418. The van der Waals surface area contributed by atoms with E-state index in [1.807, 2.05) is 42.5 Å². The third-order valence-corrected chi connectivity index (χ3v) is 5.42.